The van der Waals surface area contributed by atoms with Crippen LogP contribution in [0.15, 0.2) is 24.3 Å². The topological polar surface area (TPSA) is 52.6 Å². The molecule has 0 aliphatic carbocycles. The summed E-state index contributed by atoms with van der Waals surface area (Å²) in [5.41, 5.74) is 0. The maximum Gasteiger partial charge on any atom is 0.311 e. The van der Waals surface area contributed by atoms with Gasteiger partial charge in [0.2, 0.25) is 0 Å². The Bertz CT molecular complexity index is 386. The normalized spacial score (nSPS) is 9.76. The van der Waals surface area contributed by atoms with Crippen molar-refractivity contribution in [3.63, 3.8) is 0 Å². The predicted octanol–water partition coefficient (Wildman–Crippen LogP) is 2.07. The maximum atomic E-state index is 12.6. The van der Waals surface area contributed by atoms with Crippen LogP contribution < -0.4 is 4.74 Å². The number of benzene rings is 1. The van der Waals surface area contributed by atoms with Gasteiger partial charge in [0.15, 0.2) is 0 Å². The van der Waals surface area contributed by atoms with Crippen molar-refractivity contribution < 1.29 is 23.5 Å². The molecular formula is C12H13FO4. The smallest absolute Gasteiger partial charge is 0.311 e. The predicted molar refractivity (Wildman–Crippen MR) is 57.9 cm³/mol. The minimum atomic E-state index is -0.458. The van der Waals surface area contributed by atoms with Crippen LogP contribution in [0, 0.1) is 5.82 Å². The highest BCUT2D eigenvalue weighted by atomic mass is 19.1. The second-order valence-electron chi connectivity index (χ2n) is 3.36. The van der Waals surface area contributed by atoms with Crippen molar-refractivity contribution in [1.82, 2.24) is 0 Å². The summed E-state index contributed by atoms with van der Waals surface area (Å²) in [4.78, 5) is 22.1. The molecule has 1 aromatic rings. The van der Waals surface area contributed by atoms with Gasteiger partial charge in [-0.1, -0.05) is 0 Å². The highest BCUT2D eigenvalue weighted by Crippen LogP contribution is 2.12. The molecule has 5 heteroatoms. The average Bonchev–Trinajstić information content (AvgIpc) is 2.32. The molecule has 0 atom stereocenters. The molecular weight excluding hydrogens is 227 g/mol. The summed E-state index contributed by atoms with van der Waals surface area (Å²) in [6, 6.07) is 5.15. The van der Waals surface area contributed by atoms with Crippen LogP contribution >= 0.6 is 0 Å². The number of hydrogen-bond acceptors (Lipinski definition) is 4. The van der Waals surface area contributed by atoms with Crippen molar-refractivity contribution in [3.8, 4) is 5.75 Å². The first-order valence-corrected chi connectivity index (χ1v) is 5.15. The zero-order valence-electron chi connectivity index (χ0n) is 9.44. The Labute approximate surface area is 98.3 Å². The van der Waals surface area contributed by atoms with Gasteiger partial charge in [0, 0.05) is 12.8 Å². The number of halogens is 1. The molecule has 0 fully saturated rings. The zero-order valence-corrected chi connectivity index (χ0v) is 9.44. The number of rotatable bonds is 5. The Morgan fingerprint density at radius 2 is 1.71 bits per heavy atom. The molecule has 0 aromatic heterocycles. The van der Waals surface area contributed by atoms with Crippen LogP contribution in [0.3, 0.4) is 0 Å². The molecule has 0 saturated carbocycles. The monoisotopic (exact) mass is 240 g/mol. The highest BCUT2D eigenvalue weighted by molar-refractivity contribution is 5.74. The van der Waals surface area contributed by atoms with Gasteiger partial charge < -0.3 is 9.47 Å². The van der Waals surface area contributed by atoms with Crippen LogP contribution in [0.25, 0.3) is 0 Å². The van der Waals surface area contributed by atoms with E-state index in [0.717, 1.165) is 0 Å². The SMILES string of the molecule is COC(=O)CCCC(=O)Oc1ccc(F)cc1. The van der Waals surface area contributed by atoms with Crippen molar-refractivity contribution in [2.24, 2.45) is 0 Å². The molecule has 0 spiro atoms. The molecule has 0 aliphatic rings. The molecule has 92 valence electrons. The standard InChI is InChI=1S/C12H13FO4/c1-16-11(14)3-2-4-12(15)17-10-7-5-9(13)6-8-10/h5-8H,2-4H2,1H3. The second kappa shape index (κ2) is 6.62. The zero-order chi connectivity index (χ0) is 12.7. The third kappa shape index (κ3) is 5.10. The van der Waals surface area contributed by atoms with E-state index in [0.29, 0.717) is 6.42 Å². The van der Waals surface area contributed by atoms with E-state index in [-0.39, 0.29) is 24.6 Å². The van der Waals surface area contributed by atoms with Gasteiger partial charge in [0.05, 0.1) is 7.11 Å². The maximum absolute atomic E-state index is 12.6. The van der Waals surface area contributed by atoms with Gasteiger partial charge in [-0.25, -0.2) is 4.39 Å². The molecule has 17 heavy (non-hydrogen) atoms. The summed E-state index contributed by atoms with van der Waals surface area (Å²) in [5, 5.41) is 0. The quantitative estimate of drug-likeness (QED) is 0.584. The lowest BCUT2D eigenvalue weighted by Gasteiger charge is -2.03. The fourth-order valence-electron chi connectivity index (χ4n) is 1.16. The Morgan fingerprint density at radius 3 is 2.29 bits per heavy atom. The van der Waals surface area contributed by atoms with Gasteiger partial charge in [0.25, 0.3) is 0 Å². The lowest BCUT2D eigenvalue weighted by molar-refractivity contribution is -0.141. The largest absolute Gasteiger partial charge is 0.469 e. The minimum Gasteiger partial charge on any atom is -0.469 e. The summed E-state index contributed by atoms with van der Waals surface area (Å²) in [5.74, 6) is -0.926. The molecule has 0 saturated heterocycles. The van der Waals surface area contributed by atoms with Crippen LogP contribution in [0.5, 0.6) is 5.75 Å². The molecule has 0 unspecified atom stereocenters. The molecule has 0 radical (unpaired) electrons. The van der Waals surface area contributed by atoms with E-state index >= 15 is 0 Å². The molecule has 4 nitrogen and oxygen atoms in total. The number of ether oxygens (including phenoxy) is 2. The summed E-state index contributed by atoms with van der Waals surface area (Å²) in [7, 11) is 1.29. The van der Waals surface area contributed by atoms with Crippen LogP contribution in [0.4, 0.5) is 4.39 Å². The Hall–Kier alpha value is -1.91. The number of carbonyl (C=O) groups is 2. The third-order valence-corrected chi connectivity index (χ3v) is 2.03. The Kier molecular flexibility index (Phi) is 5.13. The van der Waals surface area contributed by atoms with E-state index in [1.54, 1.807) is 0 Å². The first kappa shape index (κ1) is 13.2. The van der Waals surface area contributed by atoms with Gasteiger partial charge in [-0.3, -0.25) is 9.59 Å². The number of esters is 2. The summed E-state index contributed by atoms with van der Waals surface area (Å²) in [6.07, 6.45) is 0.661. The first-order valence-electron chi connectivity index (χ1n) is 5.15. The van der Waals surface area contributed by atoms with Crippen molar-refractivity contribution in [3.05, 3.63) is 30.1 Å². The molecule has 0 N–H and O–H groups in total. The van der Waals surface area contributed by atoms with Gasteiger partial charge in [0.1, 0.15) is 11.6 Å². The summed E-state index contributed by atoms with van der Waals surface area (Å²) >= 11 is 0. The number of hydrogen-bond donors (Lipinski definition) is 0. The molecule has 0 amide bonds. The summed E-state index contributed by atoms with van der Waals surface area (Å²) < 4.78 is 21.9. The Balaban J connectivity index is 2.30. The Morgan fingerprint density at radius 1 is 1.12 bits per heavy atom. The first-order chi connectivity index (χ1) is 8.11. The summed E-state index contributed by atoms with van der Waals surface area (Å²) in [6.45, 7) is 0. The van der Waals surface area contributed by atoms with Gasteiger partial charge >= 0.3 is 11.9 Å². The molecule has 0 bridgehead atoms. The van der Waals surface area contributed by atoms with Gasteiger partial charge in [-0.05, 0) is 30.7 Å². The van der Waals surface area contributed by atoms with Gasteiger partial charge in [-0.15, -0.1) is 0 Å². The van der Waals surface area contributed by atoms with Crippen LogP contribution in [-0.2, 0) is 14.3 Å². The van der Waals surface area contributed by atoms with Crippen molar-refractivity contribution in [1.29, 1.82) is 0 Å². The van der Waals surface area contributed by atoms with Crippen LogP contribution in [0.1, 0.15) is 19.3 Å². The molecule has 0 aliphatic heterocycles. The van der Waals surface area contributed by atoms with E-state index in [1.807, 2.05) is 0 Å². The highest BCUT2D eigenvalue weighted by Gasteiger charge is 2.07. The lowest BCUT2D eigenvalue weighted by atomic mass is 10.2. The van der Waals surface area contributed by atoms with E-state index in [4.69, 9.17) is 4.74 Å². The van der Waals surface area contributed by atoms with E-state index < -0.39 is 11.8 Å². The fraction of sp³-hybridized carbons (Fsp3) is 0.333. The molecule has 0 heterocycles. The molecule has 1 rings (SSSR count). The minimum absolute atomic E-state index is 0.118. The van der Waals surface area contributed by atoms with E-state index in [2.05, 4.69) is 4.74 Å². The average molecular weight is 240 g/mol. The van der Waals surface area contributed by atoms with Crippen LogP contribution in [-0.4, -0.2) is 19.0 Å². The third-order valence-electron chi connectivity index (χ3n) is 2.03. The van der Waals surface area contributed by atoms with Gasteiger partial charge in [-0.2, -0.15) is 0 Å². The van der Waals surface area contributed by atoms with E-state index in [1.165, 1.54) is 31.4 Å². The number of carbonyl (C=O) groups excluding carboxylic acids is 2. The lowest BCUT2D eigenvalue weighted by Crippen LogP contribution is -2.09. The fourth-order valence-corrected chi connectivity index (χ4v) is 1.16. The molecule has 1 aromatic carbocycles. The van der Waals surface area contributed by atoms with Crippen molar-refractivity contribution in [2.45, 2.75) is 19.3 Å². The van der Waals surface area contributed by atoms with Crippen molar-refractivity contribution >= 4 is 11.9 Å². The number of methoxy groups -OCH3 is 1. The van der Waals surface area contributed by atoms with E-state index in [9.17, 15) is 14.0 Å². The van der Waals surface area contributed by atoms with Crippen LogP contribution in [0.2, 0.25) is 0 Å². The van der Waals surface area contributed by atoms with Crippen molar-refractivity contribution in [2.75, 3.05) is 7.11 Å². The second-order valence-corrected chi connectivity index (χ2v) is 3.36.